The molecule has 0 aliphatic rings. The lowest BCUT2D eigenvalue weighted by Crippen LogP contribution is -2.23. The Bertz CT molecular complexity index is 701. The van der Waals surface area contributed by atoms with Gasteiger partial charge in [-0.2, -0.15) is 0 Å². The monoisotopic (exact) mass is 309 g/mol. The van der Waals surface area contributed by atoms with Crippen molar-refractivity contribution in [2.75, 3.05) is 0 Å². The second kappa shape index (κ2) is 6.19. The summed E-state index contributed by atoms with van der Waals surface area (Å²) in [6.07, 6.45) is 5.91. The topological polar surface area (TPSA) is 33.1 Å². The van der Waals surface area contributed by atoms with Crippen LogP contribution in [0.15, 0.2) is 36.5 Å². The Balaban J connectivity index is 2.63. The van der Waals surface area contributed by atoms with Crippen LogP contribution in [0, 0.1) is 0 Å². The van der Waals surface area contributed by atoms with Crippen molar-refractivity contribution in [3.63, 3.8) is 0 Å². The summed E-state index contributed by atoms with van der Waals surface area (Å²) in [6, 6.07) is 9.67. The SMILES string of the molecule is CC(C)(C)c1c(O)ccc(/C=C/c2ccccn2)c1C(C)(C)C. The van der Waals surface area contributed by atoms with Crippen LogP contribution in [0.25, 0.3) is 12.2 Å². The molecule has 2 rings (SSSR count). The van der Waals surface area contributed by atoms with Crippen LogP contribution in [0.3, 0.4) is 0 Å². The number of pyridine rings is 1. The molecule has 2 heteroatoms. The molecule has 0 aliphatic carbocycles. The summed E-state index contributed by atoms with van der Waals surface area (Å²) in [5.41, 5.74) is 4.08. The van der Waals surface area contributed by atoms with E-state index in [4.69, 9.17) is 0 Å². The van der Waals surface area contributed by atoms with Crippen molar-refractivity contribution >= 4 is 12.2 Å². The van der Waals surface area contributed by atoms with E-state index >= 15 is 0 Å². The number of aromatic nitrogens is 1. The van der Waals surface area contributed by atoms with E-state index in [1.54, 1.807) is 12.3 Å². The van der Waals surface area contributed by atoms with Crippen molar-refractivity contribution in [3.05, 3.63) is 58.9 Å². The van der Waals surface area contributed by atoms with Crippen molar-refractivity contribution in [1.82, 2.24) is 4.98 Å². The van der Waals surface area contributed by atoms with E-state index in [0.29, 0.717) is 5.75 Å². The van der Waals surface area contributed by atoms with Gasteiger partial charge in [0.15, 0.2) is 0 Å². The van der Waals surface area contributed by atoms with E-state index < -0.39 is 0 Å². The van der Waals surface area contributed by atoms with Crippen LogP contribution in [-0.4, -0.2) is 10.1 Å². The molecule has 0 amide bonds. The van der Waals surface area contributed by atoms with Crippen LogP contribution in [0.1, 0.15) is 63.9 Å². The lowest BCUT2D eigenvalue weighted by atomic mass is 9.72. The van der Waals surface area contributed by atoms with Gasteiger partial charge in [0.1, 0.15) is 5.75 Å². The van der Waals surface area contributed by atoms with Crippen molar-refractivity contribution < 1.29 is 5.11 Å². The van der Waals surface area contributed by atoms with Gasteiger partial charge >= 0.3 is 0 Å². The zero-order valence-corrected chi connectivity index (χ0v) is 15.0. The van der Waals surface area contributed by atoms with E-state index in [1.807, 2.05) is 30.3 Å². The third-order valence-electron chi connectivity index (χ3n) is 3.84. The highest BCUT2D eigenvalue weighted by atomic mass is 16.3. The number of hydrogen-bond donors (Lipinski definition) is 1. The Morgan fingerprint density at radius 3 is 2.00 bits per heavy atom. The Morgan fingerprint density at radius 1 is 0.826 bits per heavy atom. The maximum Gasteiger partial charge on any atom is 0.119 e. The third-order valence-corrected chi connectivity index (χ3v) is 3.84. The Labute approximate surface area is 139 Å². The summed E-state index contributed by atoms with van der Waals surface area (Å²) in [5, 5.41) is 10.5. The van der Waals surface area contributed by atoms with Gasteiger partial charge in [0.2, 0.25) is 0 Å². The fourth-order valence-corrected chi connectivity index (χ4v) is 2.96. The van der Waals surface area contributed by atoms with E-state index in [2.05, 4.69) is 52.6 Å². The highest BCUT2D eigenvalue weighted by molar-refractivity contribution is 5.72. The molecule has 0 saturated carbocycles. The minimum atomic E-state index is -0.123. The van der Waals surface area contributed by atoms with E-state index in [0.717, 1.165) is 16.8 Å². The second-order valence-electron chi connectivity index (χ2n) is 8.01. The molecule has 1 N–H and O–H groups in total. The summed E-state index contributed by atoms with van der Waals surface area (Å²) in [5.74, 6) is 0.373. The number of phenolic OH excluding ortho intramolecular Hbond substituents is 1. The standard InChI is InChI=1S/C21H27NO/c1-20(2,3)18-15(10-12-16-9-7-8-14-22-16)11-13-17(23)19(18)21(4,5)6/h7-14,23H,1-6H3/b12-10+. The van der Waals surface area contributed by atoms with E-state index in [1.165, 1.54) is 5.56 Å². The molecule has 0 bridgehead atoms. The number of rotatable bonds is 2. The molecule has 0 aliphatic heterocycles. The summed E-state index contributed by atoms with van der Waals surface area (Å²) in [7, 11) is 0. The van der Waals surface area contributed by atoms with Gasteiger partial charge in [-0.25, -0.2) is 0 Å². The molecule has 0 fully saturated rings. The van der Waals surface area contributed by atoms with Gasteiger partial charge < -0.3 is 5.11 Å². The van der Waals surface area contributed by atoms with Gasteiger partial charge in [-0.05, 0) is 46.2 Å². The third kappa shape index (κ3) is 4.01. The summed E-state index contributed by atoms with van der Waals surface area (Å²) in [4.78, 5) is 4.34. The second-order valence-corrected chi connectivity index (χ2v) is 8.01. The molecule has 122 valence electrons. The van der Waals surface area contributed by atoms with Crippen LogP contribution >= 0.6 is 0 Å². The van der Waals surface area contributed by atoms with Gasteiger partial charge in [0.05, 0.1) is 5.69 Å². The molecule has 23 heavy (non-hydrogen) atoms. The van der Waals surface area contributed by atoms with Gasteiger partial charge in [-0.3, -0.25) is 4.98 Å². The molecule has 0 atom stereocenters. The number of benzene rings is 1. The average molecular weight is 309 g/mol. The van der Waals surface area contributed by atoms with Crippen LogP contribution in [0.2, 0.25) is 0 Å². The maximum absolute atomic E-state index is 10.5. The van der Waals surface area contributed by atoms with Crippen molar-refractivity contribution in [2.45, 2.75) is 52.4 Å². The normalized spacial score (nSPS) is 12.8. The molecule has 0 unspecified atom stereocenters. The lowest BCUT2D eigenvalue weighted by molar-refractivity contribution is 0.435. The molecular weight excluding hydrogens is 282 g/mol. The first-order valence-corrected chi connectivity index (χ1v) is 8.07. The Morgan fingerprint density at radius 2 is 1.48 bits per heavy atom. The Kier molecular flexibility index (Phi) is 4.65. The van der Waals surface area contributed by atoms with Crippen LogP contribution < -0.4 is 0 Å². The predicted octanol–water partition coefficient (Wildman–Crippen LogP) is 5.55. The molecule has 1 aromatic carbocycles. The number of nitrogens with zero attached hydrogens (tertiary/aromatic N) is 1. The van der Waals surface area contributed by atoms with Gasteiger partial charge in [-0.1, -0.05) is 59.8 Å². The van der Waals surface area contributed by atoms with Crippen molar-refractivity contribution in [3.8, 4) is 5.75 Å². The van der Waals surface area contributed by atoms with Gasteiger partial charge in [-0.15, -0.1) is 0 Å². The fourth-order valence-electron chi connectivity index (χ4n) is 2.96. The van der Waals surface area contributed by atoms with Crippen LogP contribution in [0.5, 0.6) is 5.75 Å². The molecule has 1 aromatic heterocycles. The van der Waals surface area contributed by atoms with Crippen LogP contribution in [-0.2, 0) is 10.8 Å². The molecular formula is C21H27NO. The zero-order valence-electron chi connectivity index (χ0n) is 15.0. The summed E-state index contributed by atoms with van der Waals surface area (Å²) >= 11 is 0. The van der Waals surface area contributed by atoms with Gasteiger partial charge in [0, 0.05) is 11.8 Å². The first-order valence-electron chi connectivity index (χ1n) is 8.07. The molecule has 0 saturated heterocycles. The minimum Gasteiger partial charge on any atom is -0.508 e. The number of aromatic hydroxyl groups is 1. The molecule has 2 aromatic rings. The minimum absolute atomic E-state index is 0.0643. The highest BCUT2D eigenvalue weighted by Crippen LogP contribution is 2.41. The van der Waals surface area contributed by atoms with Crippen molar-refractivity contribution in [2.24, 2.45) is 0 Å². The first kappa shape index (κ1) is 17.3. The molecule has 0 spiro atoms. The smallest absolute Gasteiger partial charge is 0.119 e. The maximum atomic E-state index is 10.5. The average Bonchev–Trinajstić information content (AvgIpc) is 2.44. The summed E-state index contributed by atoms with van der Waals surface area (Å²) < 4.78 is 0. The number of hydrogen-bond acceptors (Lipinski definition) is 2. The molecule has 1 heterocycles. The quantitative estimate of drug-likeness (QED) is 0.788. The van der Waals surface area contributed by atoms with Gasteiger partial charge in [0.25, 0.3) is 0 Å². The predicted molar refractivity (Wildman–Crippen MR) is 98.7 cm³/mol. The largest absolute Gasteiger partial charge is 0.508 e. The van der Waals surface area contributed by atoms with E-state index in [9.17, 15) is 5.11 Å². The molecule has 2 nitrogen and oxygen atoms in total. The van der Waals surface area contributed by atoms with E-state index in [-0.39, 0.29) is 10.8 Å². The lowest BCUT2D eigenvalue weighted by Gasteiger charge is -2.32. The number of phenols is 1. The molecule has 0 radical (unpaired) electrons. The highest BCUT2D eigenvalue weighted by Gasteiger charge is 2.29. The fraction of sp³-hybridized carbons (Fsp3) is 0.381. The first-order chi connectivity index (χ1) is 10.6. The zero-order chi connectivity index (χ0) is 17.3. The van der Waals surface area contributed by atoms with Crippen LogP contribution in [0.4, 0.5) is 0 Å². The summed E-state index contributed by atoms with van der Waals surface area (Å²) in [6.45, 7) is 13.0. The Hall–Kier alpha value is -2.09. The van der Waals surface area contributed by atoms with Crippen molar-refractivity contribution in [1.29, 1.82) is 0 Å².